The van der Waals surface area contributed by atoms with Gasteiger partial charge in [-0.05, 0) is 43.7 Å². The Balaban J connectivity index is 2.55. The molecule has 1 aromatic heterocycles. The van der Waals surface area contributed by atoms with Crippen LogP contribution in [0.25, 0.3) is 11.6 Å². The van der Waals surface area contributed by atoms with Gasteiger partial charge >= 0.3 is 0 Å². The summed E-state index contributed by atoms with van der Waals surface area (Å²) in [6, 6.07) is 3.87. The number of anilines is 1. The Labute approximate surface area is 163 Å². The minimum absolute atomic E-state index is 0.140. The van der Waals surface area contributed by atoms with Crippen LogP contribution in [0.3, 0.4) is 0 Å². The van der Waals surface area contributed by atoms with Gasteiger partial charge in [-0.1, -0.05) is 0 Å². The quantitative estimate of drug-likeness (QED) is 0.251. The first-order valence-corrected chi connectivity index (χ1v) is 9.91. The van der Waals surface area contributed by atoms with Crippen LogP contribution in [-0.2, 0) is 14.8 Å². The lowest BCUT2D eigenvalue weighted by atomic mass is 10.0. The lowest BCUT2D eigenvalue weighted by Gasteiger charge is -2.08. The van der Waals surface area contributed by atoms with Crippen LogP contribution in [0.5, 0.6) is 0 Å². The van der Waals surface area contributed by atoms with Crippen LogP contribution in [0, 0.1) is 13.8 Å². The Bertz CT molecular complexity index is 1050. The van der Waals surface area contributed by atoms with Gasteiger partial charge in [0.15, 0.2) is 6.29 Å². The molecule has 0 atom stereocenters. The van der Waals surface area contributed by atoms with E-state index in [-0.39, 0.29) is 27.6 Å². The molecule has 0 unspecified atom stereocenters. The number of sulfonamides is 1. The molecule has 0 saturated carbocycles. The molecule has 0 radical (unpaired) electrons. The molecule has 9 nitrogen and oxygen atoms in total. The van der Waals surface area contributed by atoms with Crippen molar-refractivity contribution in [3.63, 3.8) is 0 Å². The summed E-state index contributed by atoms with van der Waals surface area (Å²) in [5.74, 6) is -0.278. The zero-order valence-electron chi connectivity index (χ0n) is 15.6. The molecule has 150 valence electrons. The fourth-order valence-electron chi connectivity index (χ4n) is 2.83. The lowest BCUT2D eigenvalue weighted by molar-refractivity contribution is -0.103. The number of amides is 1. The van der Waals surface area contributed by atoms with Crippen molar-refractivity contribution < 1.29 is 18.0 Å². The molecule has 0 fully saturated rings. The maximum Gasteiger partial charge on any atom is 0.253 e. The number of benzene rings is 1. The van der Waals surface area contributed by atoms with Crippen LogP contribution in [0.15, 0.2) is 23.1 Å². The molecule has 2 rings (SSSR count). The van der Waals surface area contributed by atoms with E-state index < -0.39 is 10.0 Å². The van der Waals surface area contributed by atoms with Gasteiger partial charge in [0.1, 0.15) is 0 Å². The van der Waals surface area contributed by atoms with Crippen LogP contribution in [0.2, 0.25) is 0 Å². The van der Waals surface area contributed by atoms with E-state index in [0.717, 1.165) is 0 Å². The molecule has 10 heteroatoms. The molecular formula is C18H23N5O4S. The molecule has 0 aliphatic carbocycles. The summed E-state index contributed by atoms with van der Waals surface area (Å²) >= 11 is 0. The minimum atomic E-state index is -3.96. The Morgan fingerprint density at radius 3 is 2.54 bits per heavy atom. The highest BCUT2D eigenvalue weighted by Gasteiger charge is 2.18. The van der Waals surface area contributed by atoms with Crippen molar-refractivity contribution in [1.82, 2.24) is 10.3 Å². The number of hydrogen-bond donors (Lipinski definition) is 5. The van der Waals surface area contributed by atoms with Crippen LogP contribution in [-0.4, -0.2) is 38.7 Å². The van der Waals surface area contributed by atoms with Gasteiger partial charge in [0.2, 0.25) is 10.0 Å². The fraction of sp³-hybridized carbons (Fsp3) is 0.222. The van der Waals surface area contributed by atoms with Gasteiger partial charge in [0.05, 0.1) is 10.5 Å². The molecule has 8 N–H and O–H groups in total. The number of primary sulfonamides is 1. The average Bonchev–Trinajstić information content (AvgIpc) is 2.90. The number of aromatic amines is 1. The van der Waals surface area contributed by atoms with Crippen LogP contribution >= 0.6 is 0 Å². The molecule has 0 saturated heterocycles. The molecule has 2 aromatic rings. The maximum absolute atomic E-state index is 12.3. The number of allylic oxidation sites excluding steroid dienone is 1. The summed E-state index contributed by atoms with van der Waals surface area (Å²) in [5, 5.41) is 7.86. The van der Waals surface area contributed by atoms with E-state index in [1.54, 1.807) is 13.8 Å². The van der Waals surface area contributed by atoms with E-state index in [4.69, 9.17) is 16.6 Å². The first-order valence-electron chi connectivity index (χ1n) is 8.37. The number of nitrogens with two attached hydrogens (primary N) is 3. The first kappa shape index (κ1) is 21.4. The van der Waals surface area contributed by atoms with E-state index in [9.17, 15) is 18.0 Å². The maximum atomic E-state index is 12.3. The minimum Gasteiger partial charge on any atom is -0.398 e. The second-order valence-corrected chi connectivity index (χ2v) is 7.78. The molecule has 1 amide bonds. The van der Waals surface area contributed by atoms with Crippen molar-refractivity contribution in [2.24, 2.45) is 10.9 Å². The number of rotatable bonds is 7. The number of H-pyrrole nitrogens is 1. The zero-order valence-corrected chi connectivity index (χ0v) is 16.4. The Hall–Kier alpha value is -2.95. The van der Waals surface area contributed by atoms with E-state index in [0.29, 0.717) is 41.9 Å². The normalized spacial score (nSPS) is 12.1. The Morgan fingerprint density at radius 1 is 1.29 bits per heavy atom. The third-order valence-corrected chi connectivity index (χ3v) is 5.14. The van der Waals surface area contributed by atoms with Crippen LogP contribution in [0.1, 0.15) is 32.9 Å². The second kappa shape index (κ2) is 8.38. The van der Waals surface area contributed by atoms with Gasteiger partial charge in [-0.25, -0.2) is 13.6 Å². The number of carbonyl (C=O) groups excluding carboxylic acids is 2. The summed E-state index contributed by atoms with van der Waals surface area (Å²) in [6.45, 7) is 4.12. The third-order valence-electron chi connectivity index (χ3n) is 4.22. The number of aromatic nitrogens is 1. The Kier molecular flexibility index (Phi) is 6.39. The smallest absolute Gasteiger partial charge is 0.253 e. The highest BCUT2D eigenvalue weighted by atomic mass is 32.2. The molecule has 28 heavy (non-hydrogen) atoms. The monoisotopic (exact) mass is 405 g/mol. The van der Waals surface area contributed by atoms with Crippen molar-refractivity contribution in [3.05, 3.63) is 46.3 Å². The topological polar surface area (TPSA) is 174 Å². The second-order valence-electron chi connectivity index (χ2n) is 6.22. The summed E-state index contributed by atoms with van der Waals surface area (Å²) in [4.78, 5) is 26.9. The average molecular weight is 405 g/mol. The number of aldehydes is 1. The van der Waals surface area contributed by atoms with Crippen molar-refractivity contribution in [2.45, 2.75) is 18.7 Å². The summed E-state index contributed by atoms with van der Waals surface area (Å²) < 4.78 is 23.2. The summed E-state index contributed by atoms with van der Waals surface area (Å²) in [7, 11) is -3.96. The lowest BCUT2D eigenvalue weighted by Crippen LogP contribution is -2.29. The largest absolute Gasteiger partial charge is 0.398 e. The van der Waals surface area contributed by atoms with Crippen molar-refractivity contribution in [1.29, 1.82) is 0 Å². The molecule has 0 aliphatic heterocycles. The number of carbonyl (C=O) groups is 2. The third kappa shape index (κ3) is 4.47. The number of aryl methyl sites for hydroxylation is 1. The van der Waals surface area contributed by atoms with Gasteiger partial charge < -0.3 is 21.8 Å². The predicted octanol–water partition coefficient (Wildman–Crippen LogP) is 0.289. The van der Waals surface area contributed by atoms with Gasteiger partial charge in [-0.15, -0.1) is 0 Å². The number of nitrogen functional groups attached to an aromatic ring is 1. The first-order chi connectivity index (χ1) is 13.1. The van der Waals surface area contributed by atoms with E-state index in [2.05, 4.69) is 10.3 Å². The van der Waals surface area contributed by atoms with Crippen LogP contribution < -0.4 is 21.9 Å². The Morgan fingerprint density at radius 2 is 1.96 bits per heavy atom. The predicted molar refractivity (Wildman–Crippen MR) is 108 cm³/mol. The molecule has 0 spiro atoms. The molecule has 0 bridgehead atoms. The summed E-state index contributed by atoms with van der Waals surface area (Å²) in [6.07, 6.45) is 2.07. The molecular weight excluding hydrogens is 382 g/mol. The van der Waals surface area contributed by atoms with Gasteiger partial charge in [-0.2, -0.15) is 0 Å². The van der Waals surface area contributed by atoms with Crippen molar-refractivity contribution >= 4 is 39.6 Å². The number of hydrogen-bond acceptors (Lipinski definition) is 6. The molecule has 0 aliphatic rings. The highest BCUT2D eigenvalue weighted by Crippen LogP contribution is 2.27. The van der Waals surface area contributed by atoms with Gasteiger partial charge in [0.25, 0.3) is 5.91 Å². The van der Waals surface area contributed by atoms with Crippen LogP contribution in [0.4, 0.5) is 5.69 Å². The highest BCUT2D eigenvalue weighted by molar-refractivity contribution is 7.89. The molecule has 1 aromatic carbocycles. The molecule has 1 heterocycles. The van der Waals surface area contributed by atoms with Crippen molar-refractivity contribution in [2.75, 3.05) is 18.8 Å². The zero-order chi connectivity index (χ0) is 21.1. The van der Waals surface area contributed by atoms with E-state index in [1.807, 2.05) is 0 Å². The van der Waals surface area contributed by atoms with Gasteiger partial charge in [-0.3, -0.25) is 9.59 Å². The van der Waals surface area contributed by atoms with Gasteiger partial charge in [0, 0.05) is 41.3 Å². The standard InChI is InChI=1S/C18H23N5O4S/c1-10-16(23-11(2)17(10)18(25)22-6-5-19)7-12(9-24)14-8-13(28(21,26)27)3-4-15(14)20/h3-4,7-9,23H,5-6,19-20H2,1-2H3,(H,22,25)(H2,21,26,27)/b12-7+. The van der Waals surface area contributed by atoms with E-state index in [1.165, 1.54) is 24.3 Å². The SMILES string of the molecule is Cc1[nH]c(/C=C(\C=O)c2cc(S(N)(=O)=O)ccc2N)c(C)c1C(=O)NCCN. The fourth-order valence-corrected chi connectivity index (χ4v) is 3.37. The number of nitrogens with one attached hydrogen (secondary N) is 2. The summed E-state index contributed by atoms with van der Waals surface area (Å²) in [5.41, 5.74) is 14.1. The van der Waals surface area contributed by atoms with E-state index >= 15 is 0 Å². The van der Waals surface area contributed by atoms with Crippen molar-refractivity contribution in [3.8, 4) is 0 Å².